The van der Waals surface area contributed by atoms with Crippen LogP contribution in [0.25, 0.3) is 10.9 Å². The molecule has 1 saturated carbocycles. The molecule has 0 N–H and O–H groups in total. The number of hydrogen-bond donors (Lipinski definition) is 0. The first-order valence-electron chi connectivity index (χ1n) is 9.56. The van der Waals surface area contributed by atoms with Gasteiger partial charge in [-0.05, 0) is 49.8 Å². The zero-order chi connectivity index (χ0) is 17.2. The maximum absolute atomic E-state index is 12.3. The van der Waals surface area contributed by atoms with E-state index >= 15 is 0 Å². The minimum Gasteiger partial charge on any atom is -0.357 e. The maximum atomic E-state index is 12.3. The van der Waals surface area contributed by atoms with Crippen molar-refractivity contribution in [3.63, 3.8) is 0 Å². The Balaban J connectivity index is 1.33. The van der Waals surface area contributed by atoms with Crippen molar-refractivity contribution in [3.8, 4) is 0 Å². The number of anilines is 1. The maximum Gasteiger partial charge on any atom is 0.225 e. The fourth-order valence-electron chi connectivity index (χ4n) is 4.02. The van der Waals surface area contributed by atoms with Gasteiger partial charge in [0.15, 0.2) is 0 Å². The van der Waals surface area contributed by atoms with Gasteiger partial charge in [0.2, 0.25) is 5.91 Å². The summed E-state index contributed by atoms with van der Waals surface area (Å²) >= 11 is 0. The largest absolute Gasteiger partial charge is 0.357 e. The Morgan fingerprint density at radius 3 is 2.60 bits per heavy atom. The quantitative estimate of drug-likeness (QED) is 0.853. The summed E-state index contributed by atoms with van der Waals surface area (Å²) in [5.41, 5.74) is 1.06. The summed E-state index contributed by atoms with van der Waals surface area (Å²) in [6.45, 7) is 2.97. The van der Waals surface area contributed by atoms with Crippen LogP contribution in [0.5, 0.6) is 0 Å². The molecule has 4 nitrogen and oxygen atoms in total. The molecule has 4 rings (SSSR count). The molecule has 0 atom stereocenters. The lowest BCUT2D eigenvalue weighted by Crippen LogP contribution is -2.42. The van der Waals surface area contributed by atoms with Crippen LogP contribution in [0.4, 0.5) is 5.82 Å². The number of rotatable bonds is 4. The first kappa shape index (κ1) is 16.4. The summed E-state index contributed by atoms with van der Waals surface area (Å²) in [4.78, 5) is 21.5. The average molecular weight is 337 g/mol. The van der Waals surface area contributed by atoms with Crippen LogP contribution in [0.3, 0.4) is 0 Å². The molecule has 132 valence electrons. The van der Waals surface area contributed by atoms with E-state index < -0.39 is 0 Å². The van der Waals surface area contributed by atoms with Crippen LogP contribution in [-0.2, 0) is 4.79 Å². The number of carbonyl (C=O) groups is 1. The number of pyridine rings is 1. The van der Waals surface area contributed by atoms with Crippen molar-refractivity contribution in [1.29, 1.82) is 0 Å². The SMILES string of the molecule is CN(CC1CCN(c2ccc3ccccc3n2)CC1)C(=O)C1CCC1. The summed E-state index contributed by atoms with van der Waals surface area (Å²) in [5, 5.41) is 1.19. The van der Waals surface area contributed by atoms with Crippen LogP contribution in [0, 0.1) is 11.8 Å². The second-order valence-corrected chi connectivity index (χ2v) is 7.64. The van der Waals surface area contributed by atoms with E-state index in [4.69, 9.17) is 4.98 Å². The first-order valence-corrected chi connectivity index (χ1v) is 9.56. The molecule has 1 aromatic carbocycles. The molecule has 25 heavy (non-hydrogen) atoms. The van der Waals surface area contributed by atoms with E-state index in [1.54, 1.807) is 0 Å². The Morgan fingerprint density at radius 1 is 1.12 bits per heavy atom. The van der Waals surface area contributed by atoms with Crippen molar-refractivity contribution in [2.24, 2.45) is 11.8 Å². The molecular formula is C21H27N3O. The van der Waals surface area contributed by atoms with E-state index in [0.29, 0.717) is 17.7 Å². The van der Waals surface area contributed by atoms with Gasteiger partial charge in [-0.2, -0.15) is 0 Å². The Hall–Kier alpha value is -2.10. The number of carbonyl (C=O) groups excluding carboxylic acids is 1. The minimum absolute atomic E-state index is 0.312. The zero-order valence-corrected chi connectivity index (χ0v) is 15.0. The van der Waals surface area contributed by atoms with Gasteiger partial charge >= 0.3 is 0 Å². The second-order valence-electron chi connectivity index (χ2n) is 7.64. The van der Waals surface area contributed by atoms with E-state index in [9.17, 15) is 4.79 Å². The molecule has 1 amide bonds. The van der Waals surface area contributed by atoms with E-state index in [1.807, 2.05) is 18.0 Å². The highest BCUT2D eigenvalue weighted by Gasteiger charge is 2.29. The Labute approximate surface area is 149 Å². The first-order chi connectivity index (χ1) is 12.2. The molecule has 0 spiro atoms. The number of hydrogen-bond acceptors (Lipinski definition) is 3. The van der Waals surface area contributed by atoms with Crippen molar-refractivity contribution in [3.05, 3.63) is 36.4 Å². The smallest absolute Gasteiger partial charge is 0.225 e. The van der Waals surface area contributed by atoms with E-state index in [0.717, 1.165) is 56.7 Å². The minimum atomic E-state index is 0.312. The predicted molar refractivity (Wildman–Crippen MR) is 102 cm³/mol. The average Bonchev–Trinajstić information content (AvgIpc) is 2.60. The molecule has 4 heteroatoms. The standard InChI is InChI=1S/C21H27N3O/c1-23(21(25)18-6-4-7-18)15-16-11-13-24(14-12-16)20-10-9-17-5-2-3-8-19(17)22-20/h2-3,5,8-10,16,18H,4,6-7,11-15H2,1H3. The number of benzene rings is 1. The molecule has 0 bridgehead atoms. The topological polar surface area (TPSA) is 36.4 Å². The van der Waals surface area contributed by atoms with Crippen molar-refractivity contribution in [2.75, 3.05) is 31.6 Å². The number of para-hydroxylation sites is 1. The van der Waals surface area contributed by atoms with Gasteiger partial charge in [-0.25, -0.2) is 4.98 Å². The number of amides is 1. The van der Waals surface area contributed by atoms with Gasteiger partial charge in [-0.15, -0.1) is 0 Å². The molecule has 2 aromatic rings. The van der Waals surface area contributed by atoms with Crippen LogP contribution < -0.4 is 4.90 Å². The Bertz CT molecular complexity index is 748. The van der Waals surface area contributed by atoms with Gasteiger partial charge in [-0.3, -0.25) is 4.79 Å². The summed E-state index contributed by atoms with van der Waals surface area (Å²) < 4.78 is 0. The van der Waals surface area contributed by atoms with Gasteiger partial charge in [0.05, 0.1) is 5.52 Å². The van der Waals surface area contributed by atoms with E-state index in [-0.39, 0.29) is 0 Å². The van der Waals surface area contributed by atoms with Gasteiger partial charge in [-0.1, -0.05) is 24.6 Å². The van der Waals surface area contributed by atoms with Crippen LogP contribution >= 0.6 is 0 Å². The Morgan fingerprint density at radius 2 is 1.88 bits per heavy atom. The normalized spacial score (nSPS) is 19.0. The van der Waals surface area contributed by atoms with E-state index in [2.05, 4.69) is 35.2 Å². The predicted octanol–water partition coefficient (Wildman–Crippen LogP) is 3.71. The lowest BCUT2D eigenvalue weighted by Gasteiger charge is -2.36. The summed E-state index contributed by atoms with van der Waals surface area (Å²) in [6, 6.07) is 12.6. The summed E-state index contributed by atoms with van der Waals surface area (Å²) in [5.74, 6) is 2.37. The second kappa shape index (κ2) is 7.03. The van der Waals surface area contributed by atoms with Crippen LogP contribution in [-0.4, -0.2) is 42.5 Å². The third-order valence-corrected chi connectivity index (χ3v) is 5.88. The summed E-state index contributed by atoms with van der Waals surface area (Å²) in [6.07, 6.45) is 5.68. The lowest BCUT2D eigenvalue weighted by atomic mass is 9.84. The van der Waals surface area contributed by atoms with Gasteiger partial charge < -0.3 is 9.80 Å². The highest BCUT2D eigenvalue weighted by molar-refractivity contribution is 5.80. The fourth-order valence-corrected chi connectivity index (χ4v) is 4.02. The number of piperidine rings is 1. The molecule has 1 aliphatic heterocycles. The fraction of sp³-hybridized carbons (Fsp3) is 0.524. The molecule has 2 fully saturated rings. The Kier molecular flexibility index (Phi) is 4.60. The third kappa shape index (κ3) is 3.48. The number of nitrogens with zero attached hydrogens (tertiary/aromatic N) is 3. The molecule has 1 aromatic heterocycles. The van der Waals surface area contributed by atoms with Crippen LogP contribution in [0.2, 0.25) is 0 Å². The van der Waals surface area contributed by atoms with E-state index in [1.165, 1.54) is 11.8 Å². The van der Waals surface area contributed by atoms with Crippen molar-refractivity contribution in [2.45, 2.75) is 32.1 Å². The molecule has 2 heterocycles. The monoisotopic (exact) mass is 337 g/mol. The lowest BCUT2D eigenvalue weighted by molar-refractivity contribution is -0.137. The van der Waals surface area contributed by atoms with Crippen molar-refractivity contribution >= 4 is 22.6 Å². The van der Waals surface area contributed by atoms with Gasteiger partial charge in [0, 0.05) is 38.0 Å². The molecule has 2 aliphatic rings. The van der Waals surface area contributed by atoms with Gasteiger partial charge in [0.1, 0.15) is 5.82 Å². The zero-order valence-electron chi connectivity index (χ0n) is 15.0. The van der Waals surface area contributed by atoms with Gasteiger partial charge in [0.25, 0.3) is 0 Å². The highest BCUT2D eigenvalue weighted by Crippen LogP contribution is 2.29. The number of fused-ring (bicyclic) bond motifs is 1. The molecule has 0 radical (unpaired) electrons. The van der Waals surface area contributed by atoms with Crippen LogP contribution in [0.15, 0.2) is 36.4 Å². The third-order valence-electron chi connectivity index (χ3n) is 5.88. The number of aromatic nitrogens is 1. The molecule has 1 aliphatic carbocycles. The van der Waals surface area contributed by atoms with Crippen molar-refractivity contribution in [1.82, 2.24) is 9.88 Å². The molecule has 1 saturated heterocycles. The van der Waals surface area contributed by atoms with Crippen LogP contribution in [0.1, 0.15) is 32.1 Å². The molecule has 0 unspecified atom stereocenters. The summed E-state index contributed by atoms with van der Waals surface area (Å²) in [7, 11) is 1.98. The molecular weight excluding hydrogens is 310 g/mol. The van der Waals surface area contributed by atoms with Crippen molar-refractivity contribution < 1.29 is 4.79 Å². The highest BCUT2D eigenvalue weighted by atomic mass is 16.2.